The van der Waals surface area contributed by atoms with Crippen LogP contribution in [-0.4, -0.2) is 10.9 Å². The van der Waals surface area contributed by atoms with Crippen molar-refractivity contribution in [2.75, 3.05) is 0 Å². The van der Waals surface area contributed by atoms with Gasteiger partial charge in [-0.2, -0.15) is 0 Å². The van der Waals surface area contributed by atoms with Gasteiger partial charge in [0.1, 0.15) is 16.4 Å². The van der Waals surface area contributed by atoms with E-state index in [0.29, 0.717) is 5.56 Å². The smallest absolute Gasteiger partial charge is 0.147 e. The number of hydrogen-bond acceptors (Lipinski definition) is 2. The molecule has 0 amide bonds. The molecule has 4 heteroatoms. The molecule has 0 aromatic heterocycles. The molecule has 0 aliphatic rings. The normalized spacial score (nSPS) is 12.5. The van der Waals surface area contributed by atoms with Crippen LogP contribution in [0.3, 0.4) is 0 Å². The standard InChI is InChI=1S/C9H8Br2O2/c1-5(12)9(11)7-4-6(10)2-3-8(7)13/h2-4,9,13H,1H3. The molecule has 1 unspecified atom stereocenters. The number of carbonyl (C=O) groups is 1. The van der Waals surface area contributed by atoms with Crippen LogP contribution in [-0.2, 0) is 4.79 Å². The largest absolute Gasteiger partial charge is 0.508 e. The van der Waals surface area contributed by atoms with Crippen LogP contribution in [0.1, 0.15) is 17.3 Å². The summed E-state index contributed by atoms with van der Waals surface area (Å²) in [6.07, 6.45) is 0. The summed E-state index contributed by atoms with van der Waals surface area (Å²) < 4.78 is 0.839. The zero-order chi connectivity index (χ0) is 10.0. The maximum Gasteiger partial charge on any atom is 0.147 e. The molecule has 70 valence electrons. The van der Waals surface area contributed by atoms with Gasteiger partial charge in [0.15, 0.2) is 0 Å². The monoisotopic (exact) mass is 306 g/mol. The van der Waals surface area contributed by atoms with Gasteiger partial charge < -0.3 is 5.11 Å². The second-order valence-electron chi connectivity index (χ2n) is 2.68. The van der Waals surface area contributed by atoms with Crippen LogP contribution in [0.15, 0.2) is 22.7 Å². The van der Waals surface area contributed by atoms with Crippen molar-refractivity contribution in [3.05, 3.63) is 28.2 Å². The fraction of sp³-hybridized carbons (Fsp3) is 0.222. The van der Waals surface area contributed by atoms with Crippen LogP contribution in [0.2, 0.25) is 0 Å². The summed E-state index contributed by atoms with van der Waals surface area (Å²) in [7, 11) is 0. The lowest BCUT2D eigenvalue weighted by Crippen LogP contribution is -2.01. The van der Waals surface area contributed by atoms with Crippen LogP contribution >= 0.6 is 31.9 Å². The van der Waals surface area contributed by atoms with Crippen molar-refractivity contribution in [1.82, 2.24) is 0 Å². The van der Waals surface area contributed by atoms with Crippen molar-refractivity contribution < 1.29 is 9.90 Å². The zero-order valence-electron chi connectivity index (χ0n) is 6.92. The fourth-order valence-corrected chi connectivity index (χ4v) is 1.69. The second kappa shape index (κ2) is 4.24. The predicted molar refractivity (Wildman–Crippen MR) is 58.2 cm³/mol. The van der Waals surface area contributed by atoms with Crippen LogP contribution in [0, 0.1) is 0 Å². The maximum absolute atomic E-state index is 11.0. The molecule has 1 rings (SSSR count). The lowest BCUT2D eigenvalue weighted by Gasteiger charge is -2.08. The van der Waals surface area contributed by atoms with Crippen molar-refractivity contribution in [3.63, 3.8) is 0 Å². The molecule has 1 atom stereocenters. The highest BCUT2D eigenvalue weighted by molar-refractivity contribution is 9.10. The number of phenols is 1. The fourth-order valence-electron chi connectivity index (χ4n) is 0.947. The Morgan fingerprint density at radius 1 is 1.54 bits per heavy atom. The molecule has 1 aromatic carbocycles. The van der Waals surface area contributed by atoms with Crippen LogP contribution < -0.4 is 0 Å². The molecule has 0 fully saturated rings. The summed E-state index contributed by atoms with van der Waals surface area (Å²) >= 11 is 6.48. The van der Waals surface area contributed by atoms with Crippen LogP contribution in [0.4, 0.5) is 0 Å². The SMILES string of the molecule is CC(=O)C(Br)c1cc(Br)ccc1O. The van der Waals surface area contributed by atoms with Gasteiger partial charge in [0.05, 0.1) is 0 Å². The number of halogens is 2. The Balaban J connectivity index is 3.12. The topological polar surface area (TPSA) is 37.3 Å². The first-order valence-corrected chi connectivity index (χ1v) is 5.36. The molecule has 13 heavy (non-hydrogen) atoms. The molecule has 1 aromatic rings. The van der Waals surface area contributed by atoms with Gasteiger partial charge in [-0.3, -0.25) is 4.79 Å². The number of alkyl halides is 1. The number of benzene rings is 1. The Morgan fingerprint density at radius 2 is 2.15 bits per heavy atom. The van der Waals surface area contributed by atoms with Gasteiger partial charge >= 0.3 is 0 Å². The molecule has 2 nitrogen and oxygen atoms in total. The van der Waals surface area contributed by atoms with Gasteiger partial charge in [0.25, 0.3) is 0 Å². The third-order valence-corrected chi connectivity index (χ3v) is 3.25. The lowest BCUT2D eigenvalue weighted by atomic mass is 10.1. The Hall–Kier alpha value is -0.350. The van der Waals surface area contributed by atoms with E-state index in [1.807, 2.05) is 0 Å². The number of aromatic hydroxyl groups is 1. The minimum Gasteiger partial charge on any atom is -0.508 e. The molecular weight excluding hydrogens is 300 g/mol. The Bertz CT molecular complexity index is 336. The lowest BCUT2D eigenvalue weighted by molar-refractivity contribution is -0.116. The highest BCUT2D eigenvalue weighted by Crippen LogP contribution is 2.33. The number of carbonyl (C=O) groups excluding carboxylic acids is 1. The van der Waals surface area contributed by atoms with E-state index >= 15 is 0 Å². The highest BCUT2D eigenvalue weighted by atomic mass is 79.9. The van der Waals surface area contributed by atoms with Crippen molar-refractivity contribution in [2.45, 2.75) is 11.8 Å². The van der Waals surface area contributed by atoms with Crippen molar-refractivity contribution in [2.24, 2.45) is 0 Å². The quantitative estimate of drug-likeness (QED) is 0.852. The first kappa shape index (κ1) is 10.7. The predicted octanol–water partition coefficient (Wildman–Crippen LogP) is 3.18. The molecular formula is C9H8Br2O2. The third-order valence-electron chi connectivity index (χ3n) is 1.62. The van der Waals surface area contributed by atoms with Gasteiger partial charge in [-0.15, -0.1) is 0 Å². The minimum absolute atomic E-state index is 0.0339. The first-order valence-electron chi connectivity index (χ1n) is 3.65. The highest BCUT2D eigenvalue weighted by Gasteiger charge is 2.16. The number of rotatable bonds is 2. The molecule has 0 saturated carbocycles. The molecule has 0 spiro atoms. The van der Waals surface area contributed by atoms with E-state index in [1.165, 1.54) is 6.92 Å². The summed E-state index contributed by atoms with van der Waals surface area (Å²) in [5.41, 5.74) is 0.585. The third kappa shape index (κ3) is 2.54. The number of Topliss-reactive ketones (excluding diaryl/α,β-unsaturated/α-hetero) is 1. The summed E-state index contributed by atoms with van der Waals surface area (Å²) in [6.45, 7) is 1.47. The Morgan fingerprint density at radius 3 is 2.69 bits per heavy atom. The van der Waals surface area contributed by atoms with Crippen molar-refractivity contribution in [3.8, 4) is 5.75 Å². The van der Waals surface area contributed by atoms with E-state index in [-0.39, 0.29) is 11.5 Å². The molecule has 0 aliphatic heterocycles. The molecule has 0 bridgehead atoms. The summed E-state index contributed by atoms with van der Waals surface area (Å²) in [5.74, 6) is 0.0914. The zero-order valence-corrected chi connectivity index (χ0v) is 10.1. The van der Waals surface area contributed by atoms with Crippen molar-refractivity contribution in [1.29, 1.82) is 0 Å². The van der Waals surface area contributed by atoms with E-state index < -0.39 is 4.83 Å². The van der Waals surface area contributed by atoms with Crippen LogP contribution in [0.25, 0.3) is 0 Å². The average Bonchev–Trinajstić information content (AvgIpc) is 2.08. The molecule has 0 aliphatic carbocycles. The summed E-state index contributed by atoms with van der Waals surface area (Å²) in [5, 5.41) is 9.45. The Labute approximate surface area is 93.2 Å². The second-order valence-corrected chi connectivity index (χ2v) is 4.51. The van der Waals surface area contributed by atoms with E-state index in [2.05, 4.69) is 31.9 Å². The molecule has 1 N–H and O–H groups in total. The van der Waals surface area contributed by atoms with Gasteiger partial charge in [0, 0.05) is 10.0 Å². The van der Waals surface area contributed by atoms with Gasteiger partial charge in [-0.05, 0) is 25.1 Å². The average molecular weight is 308 g/mol. The van der Waals surface area contributed by atoms with Gasteiger partial charge in [-0.25, -0.2) is 0 Å². The molecule has 0 heterocycles. The molecule has 0 radical (unpaired) electrons. The maximum atomic E-state index is 11.0. The minimum atomic E-state index is -0.440. The van der Waals surface area contributed by atoms with Crippen molar-refractivity contribution >= 4 is 37.6 Å². The number of ketones is 1. The van der Waals surface area contributed by atoms with E-state index in [1.54, 1.807) is 18.2 Å². The van der Waals surface area contributed by atoms with E-state index in [9.17, 15) is 9.90 Å². The van der Waals surface area contributed by atoms with Gasteiger partial charge in [-0.1, -0.05) is 31.9 Å². The van der Waals surface area contributed by atoms with E-state index in [4.69, 9.17) is 0 Å². The number of phenolic OH excluding ortho intramolecular Hbond substituents is 1. The molecule has 0 saturated heterocycles. The summed E-state index contributed by atoms with van der Waals surface area (Å²) in [4.78, 5) is 10.6. The Kier molecular flexibility index (Phi) is 3.50. The first-order chi connectivity index (χ1) is 6.02. The van der Waals surface area contributed by atoms with Gasteiger partial charge in [0.2, 0.25) is 0 Å². The summed E-state index contributed by atoms with van der Waals surface area (Å²) in [6, 6.07) is 4.99. The van der Waals surface area contributed by atoms with E-state index in [0.717, 1.165) is 4.47 Å². The van der Waals surface area contributed by atoms with Crippen LogP contribution in [0.5, 0.6) is 5.75 Å². The number of hydrogen-bond donors (Lipinski definition) is 1.